The molecule has 0 amide bonds. The van der Waals surface area contributed by atoms with Crippen molar-refractivity contribution in [3.05, 3.63) is 78.3 Å². The van der Waals surface area contributed by atoms with Crippen molar-refractivity contribution in [1.82, 2.24) is 15.2 Å². The first kappa shape index (κ1) is 19.6. The summed E-state index contributed by atoms with van der Waals surface area (Å²) < 4.78 is 12.2. The van der Waals surface area contributed by atoms with Crippen molar-refractivity contribution in [2.75, 3.05) is 13.2 Å². The van der Waals surface area contributed by atoms with Crippen LogP contribution >= 0.6 is 24.0 Å². The minimum Gasteiger partial charge on any atom is -0.452 e. The molecule has 0 saturated carbocycles. The first-order chi connectivity index (χ1) is 14.8. The third-order valence-electron chi connectivity index (χ3n) is 5.48. The topological polar surface area (TPSA) is 50.5 Å². The van der Waals surface area contributed by atoms with Gasteiger partial charge in [0.05, 0.1) is 17.8 Å². The number of pyridine rings is 1. The molecule has 3 atom stereocenters. The molecule has 2 saturated heterocycles. The average Bonchev–Trinajstić information content (AvgIpc) is 3.52. The normalized spacial score (nSPS) is 23.7. The second-order valence-corrected chi connectivity index (χ2v) is 8.95. The molecule has 5 rings (SSSR count). The van der Waals surface area contributed by atoms with Gasteiger partial charge in [-0.2, -0.15) is 0 Å². The number of benzene rings is 1. The molecule has 7 heteroatoms. The van der Waals surface area contributed by atoms with Gasteiger partial charge in [0.1, 0.15) is 11.8 Å². The zero-order chi connectivity index (χ0) is 20.3. The summed E-state index contributed by atoms with van der Waals surface area (Å²) in [7, 11) is 0. The lowest BCUT2D eigenvalue weighted by Gasteiger charge is -2.28. The maximum absolute atomic E-state index is 6.32. The molecule has 3 aromatic rings. The first-order valence-electron chi connectivity index (χ1n) is 10.2. The zero-order valence-corrected chi connectivity index (χ0v) is 18.1. The third-order valence-corrected chi connectivity index (χ3v) is 6.76. The Balaban J connectivity index is 1.45. The SMILES string of the molecule is S=C1N[C@@H](c2ccccn2)[C@@H](c2ccc(Sc3ccccc3)o2)N1C[C@@H]1CCCO1. The molecule has 154 valence electrons. The molecule has 1 aromatic carbocycles. The minimum absolute atomic E-state index is 0.0678. The van der Waals surface area contributed by atoms with Crippen LogP contribution in [0.3, 0.4) is 0 Å². The fourth-order valence-corrected chi connectivity index (χ4v) is 5.19. The van der Waals surface area contributed by atoms with Crippen LogP contribution in [0.1, 0.15) is 36.4 Å². The van der Waals surface area contributed by atoms with Gasteiger partial charge in [0.15, 0.2) is 10.2 Å². The van der Waals surface area contributed by atoms with Gasteiger partial charge in [-0.1, -0.05) is 36.0 Å². The van der Waals surface area contributed by atoms with E-state index in [9.17, 15) is 0 Å². The molecule has 5 nitrogen and oxygen atoms in total. The van der Waals surface area contributed by atoms with Crippen molar-refractivity contribution in [2.45, 2.75) is 41.0 Å². The van der Waals surface area contributed by atoms with Crippen LogP contribution in [0.15, 0.2) is 81.3 Å². The molecule has 0 radical (unpaired) electrons. The first-order valence-corrected chi connectivity index (χ1v) is 11.4. The number of furan rings is 1. The highest BCUT2D eigenvalue weighted by Gasteiger charge is 2.42. The number of ether oxygens (including phenoxy) is 1. The van der Waals surface area contributed by atoms with Crippen LogP contribution < -0.4 is 5.32 Å². The zero-order valence-electron chi connectivity index (χ0n) is 16.4. The van der Waals surface area contributed by atoms with E-state index in [0.717, 1.165) is 52.5 Å². The van der Waals surface area contributed by atoms with Crippen LogP contribution in [0.4, 0.5) is 0 Å². The minimum atomic E-state index is -0.0687. The second kappa shape index (κ2) is 8.79. The molecular formula is C23H23N3O2S2. The lowest BCUT2D eigenvalue weighted by molar-refractivity contribution is 0.0812. The monoisotopic (exact) mass is 437 g/mol. The summed E-state index contributed by atoms with van der Waals surface area (Å²) in [5.74, 6) is 0.884. The number of nitrogens with one attached hydrogen (secondary N) is 1. The lowest BCUT2D eigenvalue weighted by atomic mass is 10.0. The second-order valence-electron chi connectivity index (χ2n) is 7.49. The van der Waals surface area contributed by atoms with Crippen LogP contribution in [-0.2, 0) is 4.74 Å². The van der Waals surface area contributed by atoms with Gasteiger partial charge in [-0.3, -0.25) is 4.98 Å². The number of aromatic nitrogens is 1. The number of nitrogens with zero attached hydrogens (tertiary/aromatic N) is 2. The highest BCUT2D eigenvalue weighted by atomic mass is 32.2. The van der Waals surface area contributed by atoms with E-state index < -0.39 is 0 Å². The Morgan fingerprint density at radius 2 is 1.97 bits per heavy atom. The van der Waals surface area contributed by atoms with Crippen molar-refractivity contribution in [3.63, 3.8) is 0 Å². The van der Waals surface area contributed by atoms with Crippen LogP contribution in [0, 0.1) is 0 Å². The molecule has 0 aliphatic carbocycles. The summed E-state index contributed by atoms with van der Waals surface area (Å²) in [5.41, 5.74) is 0.952. The Morgan fingerprint density at radius 1 is 1.10 bits per heavy atom. The molecule has 2 fully saturated rings. The standard InChI is InChI=1S/C23H23N3O2S2/c29-23-25-21(18-10-4-5-13-24-18)22(26(23)15-16-7-6-14-27-16)19-11-12-20(28-19)30-17-8-2-1-3-9-17/h1-5,8-13,16,21-22H,6-7,14-15H2,(H,25,29)/t16-,21-,22+/m0/s1. The maximum atomic E-state index is 6.32. The molecule has 0 unspecified atom stereocenters. The number of rotatable bonds is 6. The molecule has 2 aliphatic rings. The van der Waals surface area contributed by atoms with Gasteiger partial charge in [0.25, 0.3) is 0 Å². The maximum Gasteiger partial charge on any atom is 0.170 e. The van der Waals surface area contributed by atoms with Gasteiger partial charge in [-0.05, 0) is 61.5 Å². The van der Waals surface area contributed by atoms with Crippen molar-refractivity contribution < 1.29 is 9.15 Å². The summed E-state index contributed by atoms with van der Waals surface area (Å²) in [6.45, 7) is 1.58. The lowest BCUT2D eigenvalue weighted by Crippen LogP contribution is -2.36. The Hall–Kier alpha value is -2.35. The number of thiocarbonyl (C=S) groups is 1. The van der Waals surface area contributed by atoms with Gasteiger partial charge < -0.3 is 19.4 Å². The van der Waals surface area contributed by atoms with Gasteiger partial charge in [0.2, 0.25) is 0 Å². The molecule has 2 aliphatic heterocycles. The van der Waals surface area contributed by atoms with E-state index in [1.807, 2.05) is 48.7 Å². The van der Waals surface area contributed by atoms with Gasteiger partial charge >= 0.3 is 0 Å². The van der Waals surface area contributed by atoms with E-state index in [1.54, 1.807) is 11.8 Å². The molecule has 0 bridgehead atoms. The largest absolute Gasteiger partial charge is 0.452 e. The van der Waals surface area contributed by atoms with Crippen LogP contribution in [0.2, 0.25) is 0 Å². The molecule has 4 heterocycles. The third kappa shape index (κ3) is 4.10. The van der Waals surface area contributed by atoms with E-state index >= 15 is 0 Å². The average molecular weight is 438 g/mol. The Bertz CT molecular complexity index is 990. The molecule has 30 heavy (non-hydrogen) atoms. The molecular weight excluding hydrogens is 414 g/mol. The fraction of sp³-hybridized carbons (Fsp3) is 0.304. The van der Waals surface area contributed by atoms with Crippen LogP contribution in [0.25, 0.3) is 0 Å². The van der Waals surface area contributed by atoms with E-state index in [-0.39, 0.29) is 18.2 Å². The van der Waals surface area contributed by atoms with Crippen LogP contribution in [-0.4, -0.2) is 34.3 Å². The van der Waals surface area contributed by atoms with E-state index in [0.29, 0.717) is 0 Å². The van der Waals surface area contributed by atoms with Gasteiger partial charge in [-0.15, -0.1) is 0 Å². The molecule has 0 spiro atoms. The fourth-order valence-electron chi connectivity index (χ4n) is 4.07. The summed E-state index contributed by atoms with van der Waals surface area (Å²) >= 11 is 7.35. The van der Waals surface area contributed by atoms with Crippen molar-refractivity contribution in [3.8, 4) is 0 Å². The molecule has 2 aromatic heterocycles. The van der Waals surface area contributed by atoms with E-state index in [1.165, 1.54) is 0 Å². The van der Waals surface area contributed by atoms with Crippen LogP contribution in [0.5, 0.6) is 0 Å². The van der Waals surface area contributed by atoms with E-state index in [2.05, 4.69) is 33.4 Å². The summed E-state index contributed by atoms with van der Waals surface area (Å²) in [5, 5.41) is 5.06. The highest BCUT2D eigenvalue weighted by molar-refractivity contribution is 7.99. The number of hydrogen-bond donors (Lipinski definition) is 1. The smallest absolute Gasteiger partial charge is 0.170 e. The van der Waals surface area contributed by atoms with Crippen molar-refractivity contribution >= 4 is 29.1 Å². The summed E-state index contributed by atoms with van der Waals surface area (Å²) in [4.78, 5) is 7.94. The van der Waals surface area contributed by atoms with Gasteiger partial charge in [-0.25, -0.2) is 0 Å². The quantitative estimate of drug-likeness (QED) is 0.546. The summed E-state index contributed by atoms with van der Waals surface area (Å²) in [6, 6.07) is 20.2. The molecule has 1 N–H and O–H groups in total. The Kier molecular flexibility index (Phi) is 5.75. The van der Waals surface area contributed by atoms with E-state index in [4.69, 9.17) is 21.4 Å². The number of hydrogen-bond acceptors (Lipinski definition) is 5. The predicted octanol–water partition coefficient (Wildman–Crippen LogP) is 4.98. The van der Waals surface area contributed by atoms with Crippen molar-refractivity contribution in [1.29, 1.82) is 0 Å². The predicted molar refractivity (Wildman–Crippen MR) is 120 cm³/mol. The van der Waals surface area contributed by atoms with Gasteiger partial charge in [0, 0.05) is 24.2 Å². The van der Waals surface area contributed by atoms with Crippen molar-refractivity contribution in [2.24, 2.45) is 0 Å². The Morgan fingerprint density at radius 3 is 2.73 bits per heavy atom. The Labute approximate surface area is 185 Å². The highest BCUT2D eigenvalue weighted by Crippen LogP contribution is 2.41. The summed E-state index contributed by atoms with van der Waals surface area (Å²) in [6.07, 6.45) is 4.18.